The summed E-state index contributed by atoms with van der Waals surface area (Å²) in [7, 11) is 0. The first-order chi connectivity index (χ1) is 15.4. The molecule has 2 rings (SSSR count). The first kappa shape index (κ1) is 27.3. The summed E-state index contributed by atoms with van der Waals surface area (Å²) >= 11 is -0.112. The Morgan fingerprint density at radius 2 is 0.839 bits per heavy atom. The molecular formula is C29H44Te2. The van der Waals surface area contributed by atoms with Crippen molar-refractivity contribution in [2.75, 3.05) is 0 Å². The molecule has 31 heavy (non-hydrogen) atoms. The van der Waals surface area contributed by atoms with Crippen LogP contribution >= 0.6 is 0 Å². The van der Waals surface area contributed by atoms with Crippen molar-refractivity contribution in [1.82, 2.24) is 0 Å². The normalized spacial score (nSPS) is 11.3. The van der Waals surface area contributed by atoms with Gasteiger partial charge in [0.15, 0.2) is 0 Å². The summed E-state index contributed by atoms with van der Waals surface area (Å²) in [6, 6.07) is 22.7. The van der Waals surface area contributed by atoms with Gasteiger partial charge in [0.2, 0.25) is 0 Å². The molecule has 0 aliphatic heterocycles. The fourth-order valence-electron chi connectivity index (χ4n) is 3.95. The van der Waals surface area contributed by atoms with Crippen molar-refractivity contribution < 1.29 is 0 Å². The Labute approximate surface area is 213 Å². The fraction of sp³-hybridized carbons (Fsp3) is 0.586. The van der Waals surface area contributed by atoms with E-state index in [1.165, 1.54) is 96.3 Å². The molecule has 0 radical (unpaired) electrons. The SMILES string of the molecule is CCCCCCCCCCCCCCCCC([Te]c1ccccc1)[Te]c1ccccc1. The molecule has 0 spiro atoms. The Morgan fingerprint density at radius 3 is 1.23 bits per heavy atom. The van der Waals surface area contributed by atoms with Gasteiger partial charge < -0.3 is 0 Å². The zero-order valence-corrected chi connectivity index (χ0v) is 24.4. The molecular weight excluding hydrogens is 604 g/mol. The van der Waals surface area contributed by atoms with E-state index in [1.807, 2.05) is 0 Å². The van der Waals surface area contributed by atoms with Crippen LogP contribution in [0.4, 0.5) is 0 Å². The van der Waals surface area contributed by atoms with Crippen LogP contribution < -0.4 is 7.22 Å². The second-order valence-electron chi connectivity index (χ2n) is 8.68. The van der Waals surface area contributed by atoms with E-state index in [1.54, 1.807) is 7.22 Å². The molecule has 0 nitrogen and oxygen atoms in total. The average Bonchev–Trinajstić information content (AvgIpc) is 2.80. The third kappa shape index (κ3) is 14.7. The summed E-state index contributed by atoms with van der Waals surface area (Å²) in [6.45, 7) is 2.30. The van der Waals surface area contributed by atoms with E-state index in [9.17, 15) is 0 Å². The van der Waals surface area contributed by atoms with Crippen molar-refractivity contribution in [1.29, 1.82) is 0 Å². The predicted molar refractivity (Wildman–Crippen MR) is 142 cm³/mol. The van der Waals surface area contributed by atoms with Gasteiger partial charge in [0.25, 0.3) is 0 Å². The van der Waals surface area contributed by atoms with Crippen LogP contribution in [-0.2, 0) is 0 Å². The van der Waals surface area contributed by atoms with Crippen LogP contribution in [0.2, 0.25) is 2.01 Å². The van der Waals surface area contributed by atoms with Crippen LogP contribution in [0.1, 0.15) is 103 Å². The average molecular weight is 648 g/mol. The van der Waals surface area contributed by atoms with Crippen LogP contribution in [0, 0.1) is 0 Å². The number of hydrogen-bond acceptors (Lipinski definition) is 0. The molecule has 0 N–H and O–H groups in total. The number of unbranched alkanes of at least 4 members (excludes halogenated alkanes) is 13. The third-order valence-electron chi connectivity index (χ3n) is 5.81. The standard InChI is InChI=1S/C29H44Te2/c1-2-3-4-5-6-7-8-9-10-11-12-13-14-21-26-29(30-27-22-17-15-18-23-27)31-28-24-19-16-20-25-28/h15-20,22-25,29H,2-14,21,26H2,1H3. The molecule has 172 valence electrons. The molecule has 0 saturated heterocycles. The number of rotatable bonds is 19. The molecule has 0 aliphatic rings. The van der Waals surface area contributed by atoms with Gasteiger partial charge in [0, 0.05) is 0 Å². The van der Waals surface area contributed by atoms with E-state index in [4.69, 9.17) is 0 Å². The summed E-state index contributed by atoms with van der Waals surface area (Å²) in [5, 5.41) is 0. The first-order valence-corrected chi connectivity index (χ1v) is 17.8. The summed E-state index contributed by atoms with van der Waals surface area (Å²) in [5.74, 6) is 0. The van der Waals surface area contributed by atoms with Gasteiger partial charge >= 0.3 is 182 Å². The van der Waals surface area contributed by atoms with Crippen molar-refractivity contribution in [3.63, 3.8) is 0 Å². The quantitative estimate of drug-likeness (QED) is 0.109. The molecule has 2 heteroatoms. The first-order valence-electron chi connectivity index (χ1n) is 12.8. The second kappa shape index (κ2) is 19.5. The van der Waals surface area contributed by atoms with Gasteiger partial charge in [0.1, 0.15) is 0 Å². The van der Waals surface area contributed by atoms with Crippen LogP contribution in [0.25, 0.3) is 0 Å². The van der Waals surface area contributed by atoms with Gasteiger partial charge in [-0.15, -0.1) is 0 Å². The minimum atomic E-state index is -0.0558. The van der Waals surface area contributed by atoms with Crippen molar-refractivity contribution in [2.45, 2.75) is 105 Å². The molecule has 2 aromatic rings. The Hall–Kier alpha value is 0.0192. The van der Waals surface area contributed by atoms with Crippen molar-refractivity contribution in [3.05, 3.63) is 60.7 Å². The van der Waals surface area contributed by atoms with E-state index in [2.05, 4.69) is 67.6 Å². The summed E-state index contributed by atoms with van der Waals surface area (Å²) in [6.07, 6.45) is 21.9. The summed E-state index contributed by atoms with van der Waals surface area (Å²) in [5.41, 5.74) is 0. The van der Waals surface area contributed by atoms with Gasteiger partial charge in [-0.2, -0.15) is 0 Å². The van der Waals surface area contributed by atoms with Crippen LogP contribution in [-0.4, -0.2) is 41.8 Å². The van der Waals surface area contributed by atoms with Crippen LogP contribution in [0.3, 0.4) is 0 Å². The molecule has 0 unspecified atom stereocenters. The van der Waals surface area contributed by atoms with Gasteiger partial charge in [-0.25, -0.2) is 0 Å². The van der Waals surface area contributed by atoms with E-state index < -0.39 is 0 Å². The molecule has 0 amide bonds. The second-order valence-corrected chi connectivity index (χ2v) is 18.8. The van der Waals surface area contributed by atoms with Crippen molar-refractivity contribution in [2.24, 2.45) is 0 Å². The zero-order valence-electron chi connectivity index (χ0n) is 19.8. The zero-order chi connectivity index (χ0) is 21.8. The van der Waals surface area contributed by atoms with Crippen molar-refractivity contribution in [3.8, 4) is 0 Å². The molecule has 0 bridgehead atoms. The van der Waals surface area contributed by atoms with Gasteiger partial charge in [-0.05, 0) is 0 Å². The topological polar surface area (TPSA) is 0 Å². The maximum absolute atomic E-state index is 2.37. The third-order valence-corrected chi connectivity index (χ3v) is 15.5. The van der Waals surface area contributed by atoms with E-state index in [-0.39, 0.29) is 41.8 Å². The maximum atomic E-state index is 2.37. The minimum absolute atomic E-state index is 0.0558. The molecule has 0 aliphatic carbocycles. The van der Waals surface area contributed by atoms with Gasteiger partial charge in [-0.3, -0.25) is 0 Å². The molecule has 2 aromatic carbocycles. The molecule has 0 fully saturated rings. The van der Waals surface area contributed by atoms with Crippen LogP contribution in [0.5, 0.6) is 0 Å². The van der Waals surface area contributed by atoms with Crippen LogP contribution in [0.15, 0.2) is 60.7 Å². The monoisotopic (exact) mass is 652 g/mol. The predicted octanol–water partition coefficient (Wildman–Crippen LogP) is 7.66. The molecule has 0 saturated carbocycles. The Morgan fingerprint density at radius 1 is 0.484 bits per heavy atom. The van der Waals surface area contributed by atoms with E-state index in [0.717, 1.165) is 2.01 Å². The number of hydrogen-bond donors (Lipinski definition) is 0. The Balaban J connectivity index is 1.52. The summed E-state index contributed by atoms with van der Waals surface area (Å²) in [4.78, 5) is 0. The molecule has 0 atom stereocenters. The molecule has 0 aromatic heterocycles. The number of benzene rings is 2. The molecule has 0 heterocycles. The van der Waals surface area contributed by atoms with Gasteiger partial charge in [0.05, 0.1) is 0 Å². The van der Waals surface area contributed by atoms with Crippen molar-refractivity contribution >= 4 is 49.1 Å². The van der Waals surface area contributed by atoms with E-state index >= 15 is 0 Å². The Bertz CT molecular complexity index is 584. The van der Waals surface area contributed by atoms with E-state index in [0.29, 0.717) is 0 Å². The summed E-state index contributed by atoms with van der Waals surface area (Å²) < 4.78 is 4.34. The fourth-order valence-corrected chi connectivity index (χ4v) is 14.4. The Kier molecular flexibility index (Phi) is 17.1. The van der Waals surface area contributed by atoms with Gasteiger partial charge in [-0.1, -0.05) is 32.6 Å².